The summed E-state index contributed by atoms with van der Waals surface area (Å²) in [7, 11) is 0. The number of furan rings is 1. The Labute approximate surface area is 141 Å². The van der Waals surface area contributed by atoms with Crippen molar-refractivity contribution in [3.05, 3.63) is 34.5 Å². The van der Waals surface area contributed by atoms with Crippen LogP contribution in [0.25, 0.3) is 0 Å². The Morgan fingerprint density at radius 3 is 2.29 bits per heavy atom. The normalized spacial score (nSPS) is 14.8. The van der Waals surface area contributed by atoms with Crippen molar-refractivity contribution in [3.8, 4) is 0 Å². The second kappa shape index (κ2) is 6.60. The van der Waals surface area contributed by atoms with Crippen LogP contribution in [0.15, 0.2) is 10.5 Å². The summed E-state index contributed by atoms with van der Waals surface area (Å²) >= 11 is 0. The van der Waals surface area contributed by atoms with Gasteiger partial charge in [0.1, 0.15) is 11.5 Å². The molecule has 0 radical (unpaired) electrons. The van der Waals surface area contributed by atoms with Crippen LogP contribution < -0.4 is 10.2 Å². The van der Waals surface area contributed by atoms with Crippen molar-refractivity contribution in [3.63, 3.8) is 0 Å². The fourth-order valence-corrected chi connectivity index (χ4v) is 2.82. The molecule has 0 unspecified atom stereocenters. The number of carbonyl (C=O) groups is 1. The molecule has 1 aliphatic rings. The number of morpholine rings is 1. The Bertz CT molecular complexity index is 740. The van der Waals surface area contributed by atoms with Crippen molar-refractivity contribution in [2.24, 2.45) is 0 Å². The third-order valence-electron chi connectivity index (χ3n) is 4.08. The molecule has 3 rings (SSSR count). The van der Waals surface area contributed by atoms with Crippen LogP contribution in [0.3, 0.4) is 0 Å². The van der Waals surface area contributed by atoms with E-state index in [1.54, 1.807) is 13.0 Å². The lowest BCUT2D eigenvalue weighted by Crippen LogP contribution is -2.37. The standard InChI is InChI=1S/C17H22N4O3/c1-10-9-14(13(4)24-10)16(22)20-15-11(2)18-17(19-12(15)3)21-5-7-23-8-6-21/h9H,5-8H2,1-4H3,(H,20,22). The average Bonchev–Trinajstić information content (AvgIpc) is 2.90. The summed E-state index contributed by atoms with van der Waals surface area (Å²) in [5, 5.41) is 2.91. The van der Waals surface area contributed by atoms with Gasteiger partial charge < -0.3 is 19.4 Å². The number of nitrogens with zero attached hydrogens (tertiary/aromatic N) is 3. The molecule has 7 nitrogen and oxygen atoms in total. The van der Waals surface area contributed by atoms with Gasteiger partial charge in [0, 0.05) is 13.1 Å². The van der Waals surface area contributed by atoms with Gasteiger partial charge >= 0.3 is 0 Å². The van der Waals surface area contributed by atoms with Gasteiger partial charge in [0.05, 0.1) is 35.9 Å². The van der Waals surface area contributed by atoms with Crippen molar-refractivity contribution < 1.29 is 13.9 Å². The highest BCUT2D eigenvalue weighted by Crippen LogP contribution is 2.23. The molecule has 0 atom stereocenters. The van der Waals surface area contributed by atoms with Crippen LogP contribution in [0.1, 0.15) is 33.3 Å². The third kappa shape index (κ3) is 3.26. The number of carbonyl (C=O) groups excluding carboxylic acids is 1. The topological polar surface area (TPSA) is 80.5 Å². The smallest absolute Gasteiger partial charge is 0.259 e. The van der Waals surface area contributed by atoms with Crippen molar-refractivity contribution in [1.82, 2.24) is 9.97 Å². The van der Waals surface area contributed by atoms with E-state index in [0.717, 1.165) is 24.5 Å². The van der Waals surface area contributed by atoms with Gasteiger partial charge in [-0.25, -0.2) is 9.97 Å². The second-order valence-corrected chi connectivity index (χ2v) is 5.95. The van der Waals surface area contributed by atoms with Crippen molar-refractivity contribution in [1.29, 1.82) is 0 Å². The van der Waals surface area contributed by atoms with Crippen LogP contribution in [-0.2, 0) is 4.74 Å². The van der Waals surface area contributed by atoms with Crippen LogP contribution in [0.2, 0.25) is 0 Å². The Kier molecular flexibility index (Phi) is 4.53. The van der Waals surface area contributed by atoms with Gasteiger partial charge in [-0.15, -0.1) is 0 Å². The summed E-state index contributed by atoms with van der Waals surface area (Å²) in [6.07, 6.45) is 0. The van der Waals surface area contributed by atoms with E-state index in [2.05, 4.69) is 20.2 Å². The Balaban J connectivity index is 1.83. The van der Waals surface area contributed by atoms with E-state index >= 15 is 0 Å². The molecule has 2 aromatic rings. The van der Waals surface area contributed by atoms with Crippen molar-refractivity contribution in [2.75, 3.05) is 36.5 Å². The molecule has 3 heterocycles. The molecule has 24 heavy (non-hydrogen) atoms. The first kappa shape index (κ1) is 16.4. The largest absolute Gasteiger partial charge is 0.466 e. The Hall–Kier alpha value is -2.41. The first-order chi connectivity index (χ1) is 11.5. The van der Waals surface area contributed by atoms with Crippen LogP contribution >= 0.6 is 0 Å². The minimum atomic E-state index is -0.210. The highest BCUT2D eigenvalue weighted by atomic mass is 16.5. The first-order valence-corrected chi connectivity index (χ1v) is 8.02. The number of hydrogen-bond acceptors (Lipinski definition) is 6. The monoisotopic (exact) mass is 330 g/mol. The summed E-state index contributed by atoms with van der Waals surface area (Å²) in [5.74, 6) is 1.79. The maximum absolute atomic E-state index is 12.5. The van der Waals surface area contributed by atoms with E-state index in [0.29, 0.717) is 41.9 Å². The van der Waals surface area contributed by atoms with Crippen molar-refractivity contribution >= 4 is 17.5 Å². The molecule has 7 heteroatoms. The van der Waals surface area contributed by atoms with E-state index in [-0.39, 0.29) is 5.91 Å². The molecule has 0 bridgehead atoms. The number of ether oxygens (including phenoxy) is 1. The summed E-state index contributed by atoms with van der Waals surface area (Å²) < 4.78 is 10.8. The maximum Gasteiger partial charge on any atom is 0.259 e. The molecule has 1 amide bonds. The van der Waals surface area contributed by atoms with Gasteiger partial charge in [-0.1, -0.05) is 0 Å². The molecule has 2 aromatic heterocycles. The lowest BCUT2D eigenvalue weighted by atomic mass is 10.2. The number of nitrogens with one attached hydrogen (secondary N) is 1. The van der Waals surface area contributed by atoms with Gasteiger partial charge in [-0.2, -0.15) is 0 Å². The van der Waals surface area contributed by atoms with Crippen LogP contribution in [0.5, 0.6) is 0 Å². The zero-order valence-electron chi connectivity index (χ0n) is 14.5. The van der Waals surface area contributed by atoms with Crippen LogP contribution in [0, 0.1) is 27.7 Å². The highest BCUT2D eigenvalue weighted by Gasteiger charge is 2.19. The van der Waals surface area contributed by atoms with Crippen LogP contribution in [-0.4, -0.2) is 42.2 Å². The number of hydrogen-bond donors (Lipinski definition) is 1. The third-order valence-corrected chi connectivity index (χ3v) is 4.08. The highest BCUT2D eigenvalue weighted by molar-refractivity contribution is 6.05. The van der Waals surface area contributed by atoms with E-state index in [1.165, 1.54) is 0 Å². The lowest BCUT2D eigenvalue weighted by molar-refractivity contribution is 0.102. The van der Waals surface area contributed by atoms with Crippen LogP contribution in [0.4, 0.5) is 11.6 Å². The minimum absolute atomic E-state index is 0.210. The van der Waals surface area contributed by atoms with Crippen molar-refractivity contribution in [2.45, 2.75) is 27.7 Å². The Morgan fingerprint density at radius 2 is 1.75 bits per heavy atom. The number of rotatable bonds is 3. The molecule has 0 aliphatic carbocycles. The molecule has 1 saturated heterocycles. The van der Waals surface area contributed by atoms with E-state index in [1.807, 2.05) is 20.8 Å². The zero-order chi connectivity index (χ0) is 17.3. The average molecular weight is 330 g/mol. The van der Waals surface area contributed by atoms with Gasteiger partial charge in [-0.3, -0.25) is 4.79 Å². The van der Waals surface area contributed by atoms with E-state index < -0.39 is 0 Å². The first-order valence-electron chi connectivity index (χ1n) is 8.02. The maximum atomic E-state index is 12.5. The number of aromatic nitrogens is 2. The van der Waals surface area contributed by atoms with E-state index in [4.69, 9.17) is 9.15 Å². The minimum Gasteiger partial charge on any atom is -0.466 e. The molecule has 0 saturated carbocycles. The molecule has 128 valence electrons. The van der Waals surface area contributed by atoms with Gasteiger partial charge in [0.15, 0.2) is 0 Å². The lowest BCUT2D eigenvalue weighted by Gasteiger charge is -2.27. The fraction of sp³-hybridized carbons (Fsp3) is 0.471. The number of amides is 1. The Morgan fingerprint density at radius 1 is 1.12 bits per heavy atom. The summed E-state index contributed by atoms with van der Waals surface area (Å²) in [6.45, 7) is 10.3. The summed E-state index contributed by atoms with van der Waals surface area (Å²) in [5.41, 5.74) is 2.67. The second-order valence-electron chi connectivity index (χ2n) is 5.95. The van der Waals surface area contributed by atoms with Gasteiger partial charge in [0.2, 0.25) is 5.95 Å². The zero-order valence-corrected chi connectivity index (χ0v) is 14.5. The number of anilines is 2. The predicted octanol–water partition coefficient (Wildman–Crippen LogP) is 2.39. The molecule has 1 aliphatic heterocycles. The fourth-order valence-electron chi connectivity index (χ4n) is 2.82. The van der Waals surface area contributed by atoms with Gasteiger partial charge in [0.25, 0.3) is 5.91 Å². The molecular weight excluding hydrogens is 308 g/mol. The molecule has 0 spiro atoms. The van der Waals surface area contributed by atoms with E-state index in [9.17, 15) is 4.79 Å². The quantitative estimate of drug-likeness (QED) is 0.931. The summed E-state index contributed by atoms with van der Waals surface area (Å²) in [6, 6.07) is 1.73. The van der Waals surface area contributed by atoms with Gasteiger partial charge in [-0.05, 0) is 33.8 Å². The molecule has 1 N–H and O–H groups in total. The number of aryl methyl sites for hydroxylation is 4. The molecule has 0 aromatic carbocycles. The summed E-state index contributed by atoms with van der Waals surface area (Å²) in [4.78, 5) is 23.7. The molecule has 1 fully saturated rings. The predicted molar refractivity (Wildman–Crippen MR) is 90.7 cm³/mol. The SMILES string of the molecule is Cc1cc(C(=O)Nc2c(C)nc(N3CCOCC3)nc2C)c(C)o1. The molecular formula is C17H22N4O3.